The van der Waals surface area contributed by atoms with Crippen molar-refractivity contribution < 1.29 is 4.79 Å². The largest absolute Gasteiger partial charge is 0.319 e. The quantitative estimate of drug-likeness (QED) is 0.665. The number of hydrogen-bond donors (Lipinski definition) is 0. The summed E-state index contributed by atoms with van der Waals surface area (Å²) in [6.45, 7) is 5.88. The summed E-state index contributed by atoms with van der Waals surface area (Å²) in [7, 11) is 1.92. The van der Waals surface area contributed by atoms with Gasteiger partial charge in [-0.05, 0) is 45.0 Å². The lowest BCUT2D eigenvalue weighted by Gasteiger charge is -2.07. The van der Waals surface area contributed by atoms with E-state index in [1.807, 2.05) is 50.6 Å². The fourth-order valence-corrected chi connectivity index (χ4v) is 4.00. The smallest absolute Gasteiger partial charge is 0.297 e. The number of rotatable bonds is 2. The van der Waals surface area contributed by atoms with Gasteiger partial charge < -0.3 is 4.57 Å². The van der Waals surface area contributed by atoms with Crippen LogP contribution in [-0.4, -0.2) is 20.3 Å². The minimum Gasteiger partial charge on any atom is -0.319 e. The molecular weight excluding hydrogens is 376 g/mol. The minimum atomic E-state index is -0.263. The third-order valence-electron chi connectivity index (χ3n) is 3.53. The first-order chi connectivity index (χ1) is 10.9. The number of benzene rings is 1. The second-order valence-electron chi connectivity index (χ2n) is 5.68. The molecule has 0 saturated heterocycles. The molecule has 0 atom stereocenters. The van der Waals surface area contributed by atoms with Crippen molar-refractivity contribution in [1.29, 1.82) is 0 Å². The van der Waals surface area contributed by atoms with Crippen molar-refractivity contribution in [3.8, 4) is 0 Å². The molecule has 0 spiro atoms. The van der Waals surface area contributed by atoms with Crippen molar-refractivity contribution in [3.63, 3.8) is 0 Å². The molecular formula is C16H17BrN4OS. The molecule has 1 aromatic carbocycles. The van der Waals surface area contributed by atoms with Gasteiger partial charge in [-0.25, -0.2) is 0 Å². The van der Waals surface area contributed by atoms with Gasteiger partial charge in [0.05, 0.1) is 15.9 Å². The number of carbonyl (C=O) groups excluding carboxylic acids is 1. The average molecular weight is 393 g/mol. The first kappa shape index (κ1) is 16.1. The zero-order valence-corrected chi connectivity index (χ0v) is 15.8. The van der Waals surface area contributed by atoms with Gasteiger partial charge in [-0.2, -0.15) is 10.1 Å². The molecule has 5 nitrogen and oxygen atoms in total. The number of carbonyl (C=O) groups is 1. The molecule has 0 fully saturated rings. The maximum Gasteiger partial charge on any atom is 0.297 e. The number of fused-ring (bicyclic) bond motifs is 1. The van der Waals surface area contributed by atoms with Gasteiger partial charge >= 0.3 is 0 Å². The summed E-state index contributed by atoms with van der Waals surface area (Å²) in [5.74, 6) is -0.263. The van der Waals surface area contributed by atoms with Crippen molar-refractivity contribution in [2.24, 2.45) is 12.0 Å². The average Bonchev–Trinajstić information content (AvgIpc) is 3.00. The molecule has 3 aromatic rings. The highest BCUT2D eigenvalue weighted by molar-refractivity contribution is 9.10. The Morgan fingerprint density at radius 3 is 2.78 bits per heavy atom. The van der Waals surface area contributed by atoms with Gasteiger partial charge in [-0.1, -0.05) is 27.3 Å². The lowest BCUT2D eigenvalue weighted by atomic mass is 10.3. The lowest BCUT2D eigenvalue weighted by molar-refractivity contribution is 0.0986. The number of nitrogens with zero attached hydrogens (tertiary/aromatic N) is 4. The van der Waals surface area contributed by atoms with Crippen molar-refractivity contribution in [1.82, 2.24) is 14.3 Å². The first-order valence-corrected chi connectivity index (χ1v) is 8.88. The molecule has 1 amide bonds. The van der Waals surface area contributed by atoms with Gasteiger partial charge in [-0.15, -0.1) is 0 Å². The van der Waals surface area contributed by atoms with Crippen LogP contribution in [-0.2, 0) is 7.05 Å². The summed E-state index contributed by atoms with van der Waals surface area (Å²) in [6, 6.07) is 7.94. The van der Waals surface area contributed by atoms with Gasteiger partial charge in [-0.3, -0.25) is 9.48 Å². The number of aryl methyl sites for hydroxylation is 2. The summed E-state index contributed by atoms with van der Waals surface area (Å²) >= 11 is 4.97. The molecule has 7 heteroatoms. The van der Waals surface area contributed by atoms with E-state index in [9.17, 15) is 4.79 Å². The van der Waals surface area contributed by atoms with Crippen LogP contribution in [0.25, 0.3) is 10.2 Å². The highest BCUT2D eigenvalue weighted by Crippen LogP contribution is 2.21. The van der Waals surface area contributed by atoms with Crippen LogP contribution in [0.5, 0.6) is 0 Å². The second kappa shape index (κ2) is 6.05. The Kier molecular flexibility index (Phi) is 4.25. The minimum absolute atomic E-state index is 0.116. The number of thiazole rings is 1. The Balaban J connectivity index is 2.12. The number of hydrogen-bond acceptors (Lipinski definition) is 3. The zero-order chi connectivity index (χ0) is 16.7. The topological polar surface area (TPSA) is 52.2 Å². The van der Waals surface area contributed by atoms with Crippen LogP contribution < -0.4 is 4.80 Å². The van der Waals surface area contributed by atoms with Crippen molar-refractivity contribution in [2.75, 3.05) is 0 Å². The third-order valence-corrected chi connectivity index (χ3v) is 5.12. The Hall–Kier alpha value is -1.73. The predicted molar refractivity (Wildman–Crippen MR) is 95.7 cm³/mol. The normalized spacial score (nSPS) is 12.5. The number of amides is 1. The van der Waals surface area contributed by atoms with Crippen LogP contribution in [0.4, 0.5) is 0 Å². The van der Waals surface area contributed by atoms with Crippen LogP contribution in [0, 0.1) is 6.92 Å². The molecule has 0 aliphatic heterocycles. The number of halogens is 1. The van der Waals surface area contributed by atoms with Gasteiger partial charge in [0.15, 0.2) is 4.80 Å². The van der Waals surface area contributed by atoms with Crippen molar-refractivity contribution in [2.45, 2.75) is 26.8 Å². The predicted octanol–water partition coefficient (Wildman–Crippen LogP) is 3.83. The summed E-state index contributed by atoms with van der Waals surface area (Å²) in [5.41, 5.74) is 2.40. The highest BCUT2D eigenvalue weighted by Gasteiger charge is 2.16. The maximum absolute atomic E-state index is 12.6. The van der Waals surface area contributed by atoms with Crippen molar-refractivity contribution in [3.05, 3.63) is 44.9 Å². The molecule has 23 heavy (non-hydrogen) atoms. The molecule has 0 radical (unpaired) electrons. The molecule has 120 valence electrons. The molecule has 0 N–H and O–H groups in total. The van der Waals surface area contributed by atoms with E-state index in [0.717, 1.165) is 20.4 Å². The molecule has 2 aromatic heterocycles. The van der Waals surface area contributed by atoms with E-state index < -0.39 is 0 Å². The van der Waals surface area contributed by atoms with Gasteiger partial charge in [0.1, 0.15) is 5.69 Å². The molecule has 2 heterocycles. The van der Waals surface area contributed by atoms with Crippen LogP contribution in [0.15, 0.2) is 33.7 Å². The molecule has 3 rings (SSSR count). The fraction of sp³-hybridized carbons (Fsp3) is 0.312. The van der Waals surface area contributed by atoms with E-state index in [4.69, 9.17) is 0 Å². The Labute approximate surface area is 146 Å². The molecule has 0 saturated carbocycles. The summed E-state index contributed by atoms with van der Waals surface area (Å²) in [6.07, 6.45) is 0. The van der Waals surface area contributed by atoms with E-state index in [1.54, 1.807) is 10.7 Å². The highest BCUT2D eigenvalue weighted by atomic mass is 79.9. The second-order valence-corrected chi connectivity index (χ2v) is 7.61. The summed E-state index contributed by atoms with van der Waals surface area (Å²) < 4.78 is 5.76. The Bertz CT molecular complexity index is 964. The van der Waals surface area contributed by atoms with Gasteiger partial charge in [0, 0.05) is 17.6 Å². The van der Waals surface area contributed by atoms with E-state index in [2.05, 4.69) is 26.0 Å². The van der Waals surface area contributed by atoms with Crippen LogP contribution in [0.1, 0.15) is 36.1 Å². The summed E-state index contributed by atoms with van der Waals surface area (Å²) in [4.78, 5) is 17.6. The molecule has 0 aliphatic carbocycles. The molecule has 0 aliphatic rings. The van der Waals surface area contributed by atoms with Crippen LogP contribution >= 0.6 is 27.3 Å². The first-order valence-electron chi connectivity index (χ1n) is 7.27. The van der Waals surface area contributed by atoms with Gasteiger partial charge in [0.2, 0.25) is 0 Å². The standard InChI is InChI=1S/C16H17BrN4OS/c1-9(2)21-13(7-10(3)19-21)15(22)18-16-20(4)12-6-5-11(17)8-14(12)23-16/h5-9H,1-4H3. The van der Waals surface area contributed by atoms with Crippen molar-refractivity contribution >= 4 is 43.4 Å². The Morgan fingerprint density at radius 1 is 1.35 bits per heavy atom. The maximum atomic E-state index is 12.6. The Morgan fingerprint density at radius 2 is 2.09 bits per heavy atom. The monoisotopic (exact) mass is 392 g/mol. The zero-order valence-electron chi connectivity index (χ0n) is 13.4. The molecule has 0 unspecified atom stereocenters. The SMILES string of the molecule is Cc1cc(C(=O)N=c2sc3cc(Br)ccc3n2C)n(C(C)C)n1. The van der Waals surface area contributed by atoms with Crippen LogP contribution in [0.2, 0.25) is 0 Å². The fourth-order valence-electron chi connectivity index (χ4n) is 2.43. The third kappa shape index (κ3) is 3.03. The summed E-state index contributed by atoms with van der Waals surface area (Å²) in [5, 5.41) is 4.38. The van der Waals surface area contributed by atoms with Crippen LogP contribution in [0.3, 0.4) is 0 Å². The van der Waals surface area contributed by atoms with E-state index in [0.29, 0.717) is 10.5 Å². The lowest BCUT2D eigenvalue weighted by Crippen LogP contribution is -2.16. The molecule has 0 bridgehead atoms. The van der Waals surface area contributed by atoms with E-state index in [-0.39, 0.29) is 11.9 Å². The van der Waals surface area contributed by atoms with Gasteiger partial charge in [0.25, 0.3) is 5.91 Å². The van der Waals surface area contributed by atoms with E-state index in [1.165, 1.54) is 11.3 Å². The van der Waals surface area contributed by atoms with E-state index >= 15 is 0 Å². The number of aromatic nitrogens is 3.